The molecule has 0 fully saturated rings. The molecule has 0 radical (unpaired) electrons. The van der Waals surface area contributed by atoms with Crippen LogP contribution in [0.15, 0.2) is 42.5 Å². The average Bonchev–Trinajstić information content (AvgIpc) is 3.22. The van der Waals surface area contributed by atoms with Crippen LogP contribution in [-0.4, -0.2) is 12.6 Å². The lowest BCUT2D eigenvalue weighted by atomic mass is 10.0. The first kappa shape index (κ1) is 17.1. The molecule has 2 aromatic carbocycles. The number of esters is 1. The van der Waals surface area contributed by atoms with Crippen molar-refractivity contribution >= 4 is 33.1 Å². The van der Waals surface area contributed by atoms with E-state index in [1.54, 1.807) is 11.3 Å². The van der Waals surface area contributed by atoms with Gasteiger partial charge in [0.1, 0.15) is 11.2 Å². The molecule has 1 aliphatic rings. The van der Waals surface area contributed by atoms with Gasteiger partial charge in [-0.2, -0.15) is 0 Å². The summed E-state index contributed by atoms with van der Waals surface area (Å²) in [6.45, 7) is 2.21. The first-order valence-electron chi connectivity index (χ1n) is 9.00. The van der Waals surface area contributed by atoms with Crippen LogP contribution < -0.4 is 11.1 Å². The van der Waals surface area contributed by atoms with Gasteiger partial charge >= 0.3 is 5.97 Å². The van der Waals surface area contributed by atoms with Gasteiger partial charge in [0.2, 0.25) is 0 Å². The Kier molecular flexibility index (Phi) is 4.66. The van der Waals surface area contributed by atoms with Gasteiger partial charge in [-0.3, -0.25) is 0 Å². The van der Waals surface area contributed by atoms with Crippen molar-refractivity contribution in [2.24, 2.45) is 5.73 Å². The first-order valence-corrected chi connectivity index (χ1v) is 9.82. The molecule has 1 aromatic heterocycles. The van der Waals surface area contributed by atoms with Gasteiger partial charge in [0.15, 0.2) is 0 Å². The largest absolute Gasteiger partial charge is 0.462 e. The highest BCUT2D eigenvalue weighted by molar-refractivity contribution is 7.16. The Balaban J connectivity index is 1.70. The second-order valence-corrected chi connectivity index (χ2v) is 7.58. The summed E-state index contributed by atoms with van der Waals surface area (Å²) in [5.74, 6) is -0.250. The molecule has 3 N–H and O–H groups in total. The molecule has 1 heterocycles. The van der Waals surface area contributed by atoms with Crippen molar-refractivity contribution in [1.82, 2.24) is 0 Å². The number of benzene rings is 2. The summed E-state index contributed by atoms with van der Waals surface area (Å²) in [4.78, 5) is 13.8. The monoisotopic (exact) mass is 366 g/mol. The van der Waals surface area contributed by atoms with E-state index in [1.165, 1.54) is 4.88 Å². The molecule has 0 spiro atoms. The topological polar surface area (TPSA) is 64.3 Å². The van der Waals surface area contributed by atoms with Crippen LogP contribution in [0.4, 0.5) is 5.00 Å². The van der Waals surface area contributed by atoms with E-state index in [4.69, 9.17) is 10.5 Å². The SMILES string of the molecule is CCOC(=O)c1c(NC(N)c2cccc3ccccc23)sc2c1CCC2. The van der Waals surface area contributed by atoms with Crippen LogP contribution in [-0.2, 0) is 17.6 Å². The number of thiophene rings is 1. The number of nitrogens with one attached hydrogen (secondary N) is 1. The molecule has 0 amide bonds. The van der Waals surface area contributed by atoms with Crippen LogP contribution in [0.3, 0.4) is 0 Å². The molecule has 5 heteroatoms. The van der Waals surface area contributed by atoms with Crippen molar-refractivity contribution in [3.63, 3.8) is 0 Å². The zero-order valence-corrected chi connectivity index (χ0v) is 15.6. The highest BCUT2D eigenvalue weighted by Gasteiger charge is 2.28. The zero-order chi connectivity index (χ0) is 18.1. The minimum absolute atomic E-state index is 0.250. The maximum absolute atomic E-state index is 12.5. The van der Waals surface area contributed by atoms with Crippen LogP contribution in [0.25, 0.3) is 10.8 Å². The summed E-state index contributed by atoms with van der Waals surface area (Å²) < 4.78 is 5.30. The van der Waals surface area contributed by atoms with Gasteiger partial charge < -0.3 is 15.8 Å². The van der Waals surface area contributed by atoms with Gasteiger partial charge in [0.05, 0.1) is 12.2 Å². The molecule has 3 aromatic rings. The van der Waals surface area contributed by atoms with Crippen molar-refractivity contribution in [2.45, 2.75) is 32.4 Å². The lowest BCUT2D eigenvalue weighted by molar-refractivity contribution is 0.0527. The van der Waals surface area contributed by atoms with Crippen molar-refractivity contribution in [3.8, 4) is 0 Å². The number of aryl methyl sites for hydroxylation is 1. The van der Waals surface area contributed by atoms with E-state index < -0.39 is 6.17 Å². The first-order chi connectivity index (χ1) is 12.7. The molecule has 0 saturated heterocycles. The van der Waals surface area contributed by atoms with E-state index in [1.807, 2.05) is 31.2 Å². The zero-order valence-electron chi connectivity index (χ0n) is 14.7. The molecule has 1 unspecified atom stereocenters. The van der Waals surface area contributed by atoms with Crippen LogP contribution in [0, 0.1) is 0 Å². The number of rotatable bonds is 5. The Labute approximate surface area is 157 Å². The summed E-state index contributed by atoms with van der Waals surface area (Å²) >= 11 is 1.64. The Bertz CT molecular complexity index is 959. The molecular weight excluding hydrogens is 344 g/mol. The van der Waals surface area contributed by atoms with Gasteiger partial charge in [0, 0.05) is 4.88 Å². The quantitative estimate of drug-likeness (QED) is 0.510. The summed E-state index contributed by atoms with van der Waals surface area (Å²) in [5.41, 5.74) is 9.34. The Hall–Kier alpha value is -2.37. The van der Waals surface area contributed by atoms with Gasteiger partial charge in [-0.1, -0.05) is 42.5 Å². The number of hydrogen-bond acceptors (Lipinski definition) is 5. The van der Waals surface area contributed by atoms with E-state index in [9.17, 15) is 4.79 Å². The Morgan fingerprint density at radius 3 is 2.88 bits per heavy atom. The number of nitrogens with two attached hydrogens (primary N) is 1. The highest BCUT2D eigenvalue weighted by Crippen LogP contribution is 2.40. The minimum Gasteiger partial charge on any atom is -0.462 e. The van der Waals surface area contributed by atoms with E-state index in [0.29, 0.717) is 12.2 Å². The van der Waals surface area contributed by atoms with Gasteiger partial charge in [-0.05, 0) is 48.1 Å². The predicted molar refractivity (Wildman–Crippen MR) is 107 cm³/mol. The van der Waals surface area contributed by atoms with E-state index in [0.717, 1.165) is 46.2 Å². The van der Waals surface area contributed by atoms with Gasteiger partial charge in [-0.15, -0.1) is 11.3 Å². The molecule has 134 valence electrons. The van der Waals surface area contributed by atoms with E-state index >= 15 is 0 Å². The molecule has 4 nitrogen and oxygen atoms in total. The lowest BCUT2D eigenvalue weighted by Gasteiger charge is -2.18. The smallest absolute Gasteiger partial charge is 0.341 e. The molecule has 1 atom stereocenters. The summed E-state index contributed by atoms with van der Waals surface area (Å²) in [6, 6.07) is 14.3. The molecule has 1 aliphatic carbocycles. The fourth-order valence-corrected chi connectivity index (χ4v) is 4.98. The average molecular weight is 366 g/mol. The third kappa shape index (κ3) is 2.97. The number of ether oxygens (including phenoxy) is 1. The predicted octanol–water partition coefficient (Wildman–Crippen LogP) is 4.64. The van der Waals surface area contributed by atoms with E-state index in [-0.39, 0.29) is 5.97 Å². The fraction of sp³-hybridized carbons (Fsp3) is 0.286. The summed E-state index contributed by atoms with van der Waals surface area (Å²) in [7, 11) is 0. The van der Waals surface area contributed by atoms with Crippen molar-refractivity contribution in [3.05, 3.63) is 64.0 Å². The number of carbonyl (C=O) groups excluding carboxylic acids is 1. The summed E-state index contributed by atoms with van der Waals surface area (Å²) in [5, 5.41) is 6.49. The summed E-state index contributed by atoms with van der Waals surface area (Å²) in [6.07, 6.45) is 2.67. The van der Waals surface area contributed by atoms with Crippen molar-refractivity contribution < 1.29 is 9.53 Å². The number of fused-ring (bicyclic) bond motifs is 2. The Morgan fingerprint density at radius 1 is 1.23 bits per heavy atom. The normalized spacial score (nSPS) is 14.2. The Morgan fingerprint density at radius 2 is 2.04 bits per heavy atom. The maximum Gasteiger partial charge on any atom is 0.341 e. The molecule has 0 bridgehead atoms. The minimum atomic E-state index is -0.395. The van der Waals surface area contributed by atoms with Crippen molar-refractivity contribution in [2.75, 3.05) is 11.9 Å². The standard InChI is InChI=1S/C21H22N2O2S/c1-2-25-21(24)18-16-11-6-12-17(16)26-20(18)23-19(22)15-10-5-8-13-7-3-4-9-14(13)15/h3-5,7-10,19,23H,2,6,11-12,22H2,1H3. The number of anilines is 1. The van der Waals surface area contributed by atoms with Crippen LogP contribution in [0.2, 0.25) is 0 Å². The van der Waals surface area contributed by atoms with Crippen molar-refractivity contribution in [1.29, 1.82) is 0 Å². The molecular formula is C21H22N2O2S. The molecule has 26 heavy (non-hydrogen) atoms. The second kappa shape index (κ2) is 7.09. The van der Waals surface area contributed by atoms with Crippen LogP contribution in [0.5, 0.6) is 0 Å². The van der Waals surface area contributed by atoms with Gasteiger partial charge in [-0.25, -0.2) is 4.79 Å². The molecule has 4 rings (SSSR count). The third-order valence-corrected chi connectivity index (χ3v) is 6.07. The second-order valence-electron chi connectivity index (χ2n) is 6.47. The fourth-order valence-electron chi connectivity index (χ4n) is 3.67. The molecule has 0 aliphatic heterocycles. The van der Waals surface area contributed by atoms with Crippen LogP contribution >= 0.6 is 11.3 Å². The molecule has 0 saturated carbocycles. The maximum atomic E-state index is 12.5. The number of carbonyl (C=O) groups is 1. The van der Waals surface area contributed by atoms with Crippen LogP contribution in [0.1, 0.15) is 45.9 Å². The van der Waals surface area contributed by atoms with E-state index in [2.05, 4.69) is 23.5 Å². The van der Waals surface area contributed by atoms with Gasteiger partial charge in [0.25, 0.3) is 0 Å². The lowest BCUT2D eigenvalue weighted by Crippen LogP contribution is -2.21. The highest BCUT2D eigenvalue weighted by atomic mass is 32.1. The number of hydrogen-bond donors (Lipinski definition) is 2. The third-order valence-electron chi connectivity index (χ3n) is 4.85.